The van der Waals surface area contributed by atoms with E-state index in [1.807, 2.05) is 30.5 Å². The molecule has 3 heterocycles. The number of rotatable bonds is 4. The molecule has 0 saturated heterocycles. The molecule has 3 aromatic heterocycles. The number of anilines is 2. The average molecular weight is 388 g/mol. The number of benzene rings is 2. The highest BCUT2D eigenvalue weighted by atomic mass is 32.1. The molecule has 136 valence electrons. The van der Waals surface area contributed by atoms with Crippen LogP contribution in [0.15, 0.2) is 72.6 Å². The lowest BCUT2D eigenvalue weighted by atomic mass is 10.1. The zero-order valence-corrected chi connectivity index (χ0v) is 15.3. The first kappa shape index (κ1) is 16.5. The normalized spacial score (nSPS) is 11.0. The SMILES string of the molecule is Fc1ccc(-c2cnc3c(-c4cccc(Nc5nncs5)c4)cnn3c2)cc1. The third-order valence-corrected chi connectivity index (χ3v) is 4.93. The van der Waals surface area contributed by atoms with Crippen molar-refractivity contribution in [3.05, 3.63) is 78.4 Å². The highest BCUT2D eigenvalue weighted by Gasteiger charge is 2.10. The Bertz CT molecular complexity index is 1250. The standard InChI is InChI=1S/C20H13FN6S/c21-16-6-4-13(5-7-16)15-9-22-19-18(10-24-27(19)11-15)14-2-1-3-17(8-14)25-20-26-23-12-28-20/h1-12H,(H,25,26). The zero-order valence-electron chi connectivity index (χ0n) is 14.5. The number of nitrogens with one attached hydrogen (secondary N) is 1. The molecule has 2 aromatic carbocycles. The second-order valence-corrected chi connectivity index (χ2v) is 6.96. The van der Waals surface area contributed by atoms with Crippen LogP contribution in [0.25, 0.3) is 27.9 Å². The maximum Gasteiger partial charge on any atom is 0.209 e. The van der Waals surface area contributed by atoms with Gasteiger partial charge in [0.2, 0.25) is 5.13 Å². The Morgan fingerprint density at radius 2 is 1.86 bits per heavy atom. The molecule has 1 N–H and O–H groups in total. The molecule has 0 aliphatic heterocycles. The van der Waals surface area contributed by atoms with Crippen LogP contribution < -0.4 is 5.32 Å². The average Bonchev–Trinajstić information content (AvgIpc) is 3.38. The van der Waals surface area contributed by atoms with Gasteiger partial charge >= 0.3 is 0 Å². The maximum absolute atomic E-state index is 13.2. The summed E-state index contributed by atoms with van der Waals surface area (Å²) in [5.74, 6) is -0.263. The topological polar surface area (TPSA) is 68.0 Å². The quantitative estimate of drug-likeness (QED) is 0.479. The fourth-order valence-corrected chi connectivity index (χ4v) is 3.45. The summed E-state index contributed by atoms with van der Waals surface area (Å²) in [5.41, 5.74) is 7.01. The number of halogens is 1. The molecule has 0 atom stereocenters. The van der Waals surface area contributed by atoms with Crippen LogP contribution in [0.4, 0.5) is 15.2 Å². The van der Waals surface area contributed by atoms with Crippen LogP contribution in [0.1, 0.15) is 0 Å². The first-order chi connectivity index (χ1) is 13.8. The lowest BCUT2D eigenvalue weighted by molar-refractivity contribution is 0.628. The Morgan fingerprint density at radius 3 is 2.68 bits per heavy atom. The Labute approximate surface area is 163 Å². The molecule has 0 radical (unpaired) electrons. The molecule has 28 heavy (non-hydrogen) atoms. The van der Waals surface area contributed by atoms with E-state index in [0.29, 0.717) is 0 Å². The van der Waals surface area contributed by atoms with Crippen LogP contribution in [-0.2, 0) is 0 Å². The molecule has 0 aliphatic carbocycles. The molecule has 0 amide bonds. The van der Waals surface area contributed by atoms with Crippen molar-refractivity contribution in [1.82, 2.24) is 24.8 Å². The predicted octanol–water partition coefficient (Wildman–Crippen LogP) is 4.80. The lowest BCUT2D eigenvalue weighted by Crippen LogP contribution is -1.93. The molecule has 5 aromatic rings. The van der Waals surface area contributed by atoms with Gasteiger partial charge in [0.1, 0.15) is 11.3 Å². The zero-order chi connectivity index (χ0) is 18.9. The molecule has 0 spiro atoms. The van der Waals surface area contributed by atoms with Crippen molar-refractivity contribution in [2.24, 2.45) is 0 Å². The van der Waals surface area contributed by atoms with Crippen LogP contribution in [0, 0.1) is 5.82 Å². The van der Waals surface area contributed by atoms with Crippen molar-refractivity contribution in [1.29, 1.82) is 0 Å². The molecule has 0 unspecified atom stereocenters. The molecular formula is C20H13FN6S. The van der Waals surface area contributed by atoms with Gasteiger partial charge in [-0.25, -0.2) is 13.9 Å². The molecule has 8 heteroatoms. The van der Waals surface area contributed by atoms with Gasteiger partial charge in [0, 0.05) is 29.2 Å². The monoisotopic (exact) mass is 388 g/mol. The third-order valence-electron chi connectivity index (χ3n) is 4.32. The van der Waals surface area contributed by atoms with E-state index < -0.39 is 0 Å². The molecule has 0 saturated carbocycles. The van der Waals surface area contributed by atoms with Gasteiger partial charge < -0.3 is 5.32 Å². The summed E-state index contributed by atoms with van der Waals surface area (Å²) in [6, 6.07) is 14.3. The first-order valence-corrected chi connectivity index (χ1v) is 9.37. The fourth-order valence-electron chi connectivity index (χ4n) is 2.99. The second-order valence-electron chi connectivity index (χ2n) is 6.13. The Hall–Kier alpha value is -3.65. The van der Waals surface area contributed by atoms with Gasteiger partial charge in [0.25, 0.3) is 0 Å². The van der Waals surface area contributed by atoms with Crippen LogP contribution in [0.3, 0.4) is 0 Å². The summed E-state index contributed by atoms with van der Waals surface area (Å²) in [7, 11) is 0. The Balaban J connectivity index is 1.51. The van der Waals surface area contributed by atoms with Crippen molar-refractivity contribution >= 4 is 27.8 Å². The van der Waals surface area contributed by atoms with E-state index in [9.17, 15) is 4.39 Å². The number of aromatic nitrogens is 5. The van der Waals surface area contributed by atoms with E-state index in [2.05, 4.69) is 25.6 Å². The van der Waals surface area contributed by atoms with Gasteiger partial charge in [-0.15, -0.1) is 10.2 Å². The smallest absolute Gasteiger partial charge is 0.209 e. The van der Waals surface area contributed by atoms with Crippen LogP contribution in [-0.4, -0.2) is 24.8 Å². The Morgan fingerprint density at radius 1 is 0.964 bits per heavy atom. The number of fused-ring (bicyclic) bond motifs is 1. The molecule has 0 bridgehead atoms. The lowest BCUT2D eigenvalue weighted by Gasteiger charge is -2.06. The minimum atomic E-state index is -0.263. The fraction of sp³-hybridized carbons (Fsp3) is 0. The van der Waals surface area contributed by atoms with Crippen LogP contribution in [0.2, 0.25) is 0 Å². The summed E-state index contributed by atoms with van der Waals surface area (Å²) < 4.78 is 14.9. The number of hydrogen-bond donors (Lipinski definition) is 1. The largest absolute Gasteiger partial charge is 0.330 e. The second kappa shape index (κ2) is 6.82. The van der Waals surface area contributed by atoms with Crippen molar-refractivity contribution in [2.75, 3.05) is 5.32 Å². The van der Waals surface area contributed by atoms with Gasteiger partial charge in [0.15, 0.2) is 5.65 Å². The maximum atomic E-state index is 13.2. The summed E-state index contributed by atoms with van der Waals surface area (Å²) in [6.07, 6.45) is 5.46. The molecule has 0 fully saturated rings. The van der Waals surface area contributed by atoms with E-state index in [4.69, 9.17) is 0 Å². The molecular weight excluding hydrogens is 375 g/mol. The third kappa shape index (κ3) is 3.10. The van der Waals surface area contributed by atoms with Gasteiger partial charge in [0.05, 0.1) is 6.20 Å². The minimum absolute atomic E-state index is 0.263. The van der Waals surface area contributed by atoms with Gasteiger partial charge in [-0.05, 0) is 35.4 Å². The highest BCUT2D eigenvalue weighted by molar-refractivity contribution is 7.13. The van der Waals surface area contributed by atoms with E-state index in [1.54, 1.807) is 34.6 Å². The minimum Gasteiger partial charge on any atom is -0.330 e. The highest BCUT2D eigenvalue weighted by Crippen LogP contribution is 2.28. The van der Waals surface area contributed by atoms with Crippen LogP contribution >= 0.6 is 11.3 Å². The van der Waals surface area contributed by atoms with Gasteiger partial charge in [-0.2, -0.15) is 5.10 Å². The van der Waals surface area contributed by atoms with Crippen molar-refractivity contribution < 1.29 is 4.39 Å². The van der Waals surface area contributed by atoms with Gasteiger partial charge in [-0.1, -0.05) is 35.6 Å². The van der Waals surface area contributed by atoms with Crippen LogP contribution in [0.5, 0.6) is 0 Å². The first-order valence-electron chi connectivity index (χ1n) is 8.49. The summed E-state index contributed by atoms with van der Waals surface area (Å²) in [6.45, 7) is 0. The van der Waals surface area contributed by atoms with E-state index in [-0.39, 0.29) is 5.82 Å². The number of hydrogen-bond acceptors (Lipinski definition) is 6. The summed E-state index contributed by atoms with van der Waals surface area (Å²) in [4.78, 5) is 4.59. The van der Waals surface area contributed by atoms with Crippen molar-refractivity contribution in [3.8, 4) is 22.3 Å². The molecule has 6 nitrogen and oxygen atoms in total. The molecule has 0 aliphatic rings. The van der Waals surface area contributed by atoms with Gasteiger partial charge in [-0.3, -0.25) is 0 Å². The van der Waals surface area contributed by atoms with E-state index >= 15 is 0 Å². The number of nitrogens with zero attached hydrogens (tertiary/aromatic N) is 5. The molecule has 5 rings (SSSR count). The summed E-state index contributed by atoms with van der Waals surface area (Å²) >= 11 is 1.44. The van der Waals surface area contributed by atoms with Crippen molar-refractivity contribution in [3.63, 3.8) is 0 Å². The van der Waals surface area contributed by atoms with E-state index in [1.165, 1.54) is 23.5 Å². The summed E-state index contributed by atoms with van der Waals surface area (Å²) in [5, 5.41) is 16.2. The Kier molecular flexibility index (Phi) is 4.02. The van der Waals surface area contributed by atoms with Crippen molar-refractivity contribution in [2.45, 2.75) is 0 Å². The predicted molar refractivity (Wildman–Crippen MR) is 107 cm³/mol. The van der Waals surface area contributed by atoms with E-state index in [0.717, 1.165) is 38.7 Å².